The lowest BCUT2D eigenvalue weighted by molar-refractivity contribution is -0.130. The molecular weight excluding hydrogens is 302 g/mol. The van der Waals surface area contributed by atoms with Crippen LogP contribution in [-0.4, -0.2) is 35.8 Å². The number of carbonyl (C=O) groups is 2. The first-order chi connectivity index (χ1) is 11.6. The number of amides is 2. The molecule has 0 aromatic heterocycles. The summed E-state index contributed by atoms with van der Waals surface area (Å²) in [5.74, 6) is -0.212. The van der Waals surface area contributed by atoms with Crippen molar-refractivity contribution in [2.45, 2.75) is 52.6 Å². The van der Waals surface area contributed by atoms with Crippen molar-refractivity contribution in [3.63, 3.8) is 0 Å². The van der Waals surface area contributed by atoms with E-state index in [1.165, 1.54) is 0 Å². The highest BCUT2D eigenvalue weighted by atomic mass is 16.2. The zero-order valence-electron chi connectivity index (χ0n) is 15.0. The Morgan fingerprint density at radius 1 is 1.25 bits per heavy atom. The smallest absolute Gasteiger partial charge is 0.229 e. The van der Waals surface area contributed by atoms with Crippen LogP contribution >= 0.6 is 0 Å². The fraction of sp³-hybridized carbons (Fsp3) is 0.579. The van der Waals surface area contributed by atoms with Crippen LogP contribution in [0.2, 0.25) is 0 Å². The van der Waals surface area contributed by atoms with Gasteiger partial charge in [-0.15, -0.1) is 0 Å². The van der Waals surface area contributed by atoms with E-state index < -0.39 is 0 Å². The number of anilines is 1. The number of hydrogen-bond acceptors (Lipinski definition) is 3. The molecule has 132 valence electrons. The highest BCUT2D eigenvalue weighted by Gasteiger charge is 2.36. The van der Waals surface area contributed by atoms with Gasteiger partial charge in [0.15, 0.2) is 0 Å². The number of carbonyl (C=O) groups excluding carboxylic acids is 2. The standard InChI is InChI=1S/C19H29N3O2/c1-4-16(5-2)22-13-15(11-18(22)23)19(24)21-17-10-8-7-9-14(17)12-20-6-3/h7-10,15-16,20H,4-6,11-13H2,1-3H3,(H,21,24). The molecule has 5 nitrogen and oxygen atoms in total. The predicted octanol–water partition coefficient (Wildman–Crippen LogP) is 2.77. The van der Waals surface area contributed by atoms with Crippen LogP contribution in [-0.2, 0) is 16.1 Å². The number of benzene rings is 1. The maximum Gasteiger partial charge on any atom is 0.229 e. The second kappa shape index (κ2) is 8.83. The average molecular weight is 331 g/mol. The Kier molecular flexibility index (Phi) is 6.79. The third-order valence-electron chi connectivity index (χ3n) is 4.75. The summed E-state index contributed by atoms with van der Waals surface area (Å²) in [5, 5.41) is 6.30. The van der Waals surface area contributed by atoms with E-state index >= 15 is 0 Å². The Labute approximate surface area is 144 Å². The minimum atomic E-state index is -0.259. The summed E-state index contributed by atoms with van der Waals surface area (Å²) >= 11 is 0. The number of nitrogens with zero attached hydrogens (tertiary/aromatic N) is 1. The molecule has 1 fully saturated rings. The third-order valence-corrected chi connectivity index (χ3v) is 4.75. The van der Waals surface area contributed by atoms with E-state index in [1.54, 1.807) is 0 Å². The van der Waals surface area contributed by atoms with Crippen LogP contribution in [0.4, 0.5) is 5.69 Å². The highest BCUT2D eigenvalue weighted by molar-refractivity contribution is 5.97. The summed E-state index contributed by atoms with van der Waals surface area (Å²) in [4.78, 5) is 26.7. The lowest BCUT2D eigenvalue weighted by Crippen LogP contribution is -2.36. The van der Waals surface area contributed by atoms with Gasteiger partial charge in [0.25, 0.3) is 0 Å². The van der Waals surface area contributed by atoms with Crippen molar-refractivity contribution in [1.82, 2.24) is 10.2 Å². The molecule has 1 aromatic carbocycles. The molecule has 2 N–H and O–H groups in total. The maximum atomic E-state index is 12.6. The van der Waals surface area contributed by atoms with Crippen LogP contribution in [0.5, 0.6) is 0 Å². The van der Waals surface area contributed by atoms with Gasteiger partial charge in [-0.1, -0.05) is 39.0 Å². The van der Waals surface area contributed by atoms with Gasteiger partial charge in [0.05, 0.1) is 5.92 Å². The van der Waals surface area contributed by atoms with Gasteiger partial charge in [-0.2, -0.15) is 0 Å². The van der Waals surface area contributed by atoms with Crippen molar-refractivity contribution >= 4 is 17.5 Å². The zero-order chi connectivity index (χ0) is 17.5. The largest absolute Gasteiger partial charge is 0.339 e. The molecule has 1 saturated heterocycles. The molecule has 0 spiro atoms. The Bertz CT molecular complexity index is 569. The molecule has 24 heavy (non-hydrogen) atoms. The van der Waals surface area contributed by atoms with Crippen molar-refractivity contribution in [3.8, 4) is 0 Å². The van der Waals surface area contributed by atoms with Gasteiger partial charge in [0.1, 0.15) is 0 Å². The molecule has 1 aliphatic rings. The molecule has 0 radical (unpaired) electrons. The SMILES string of the molecule is CCNCc1ccccc1NC(=O)C1CC(=O)N(C(CC)CC)C1. The fourth-order valence-electron chi connectivity index (χ4n) is 3.28. The van der Waals surface area contributed by atoms with E-state index in [0.29, 0.717) is 13.0 Å². The van der Waals surface area contributed by atoms with E-state index in [0.717, 1.165) is 37.2 Å². The van der Waals surface area contributed by atoms with Crippen LogP contribution in [0.15, 0.2) is 24.3 Å². The van der Waals surface area contributed by atoms with Gasteiger partial charge < -0.3 is 15.5 Å². The number of nitrogens with one attached hydrogen (secondary N) is 2. The summed E-state index contributed by atoms with van der Waals surface area (Å²) in [6, 6.07) is 8.06. The summed E-state index contributed by atoms with van der Waals surface area (Å²) in [5.41, 5.74) is 1.89. The van der Waals surface area contributed by atoms with E-state index in [9.17, 15) is 9.59 Å². The summed E-state index contributed by atoms with van der Waals surface area (Å²) in [6.07, 6.45) is 2.18. The third kappa shape index (κ3) is 4.35. The van der Waals surface area contributed by atoms with Gasteiger partial charge >= 0.3 is 0 Å². The van der Waals surface area contributed by atoms with Crippen molar-refractivity contribution in [1.29, 1.82) is 0 Å². The summed E-state index contributed by atoms with van der Waals surface area (Å²) in [7, 11) is 0. The van der Waals surface area contributed by atoms with Crippen LogP contribution in [0, 0.1) is 5.92 Å². The molecule has 1 heterocycles. The van der Waals surface area contributed by atoms with Crippen LogP contribution in [0.25, 0.3) is 0 Å². The molecule has 0 saturated carbocycles. The second-order valence-electron chi connectivity index (χ2n) is 6.34. The molecule has 0 aliphatic carbocycles. The van der Waals surface area contributed by atoms with E-state index in [1.807, 2.05) is 29.2 Å². The second-order valence-corrected chi connectivity index (χ2v) is 6.34. The van der Waals surface area contributed by atoms with Crippen molar-refractivity contribution < 1.29 is 9.59 Å². The van der Waals surface area contributed by atoms with Crippen LogP contribution < -0.4 is 10.6 Å². The Morgan fingerprint density at radius 3 is 2.62 bits per heavy atom. The monoisotopic (exact) mass is 331 g/mol. The molecule has 1 aromatic rings. The number of hydrogen-bond donors (Lipinski definition) is 2. The fourth-order valence-corrected chi connectivity index (χ4v) is 3.28. The van der Waals surface area contributed by atoms with E-state index in [4.69, 9.17) is 0 Å². The van der Waals surface area contributed by atoms with Crippen LogP contribution in [0.3, 0.4) is 0 Å². The quantitative estimate of drug-likeness (QED) is 0.770. The molecule has 2 amide bonds. The lowest BCUT2D eigenvalue weighted by Gasteiger charge is -2.26. The van der Waals surface area contributed by atoms with Gasteiger partial charge in [0.2, 0.25) is 11.8 Å². The molecule has 1 unspecified atom stereocenters. The molecule has 2 rings (SSSR count). The Balaban J connectivity index is 2.02. The van der Waals surface area contributed by atoms with Gasteiger partial charge in [-0.25, -0.2) is 0 Å². The van der Waals surface area contributed by atoms with Crippen molar-refractivity contribution in [2.24, 2.45) is 5.92 Å². The Morgan fingerprint density at radius 2 is 1.96 bits per heavy atom. The maximum absolute atomic E-state index is 12.6. The molecular formula is C19H29N3O2. The van der Waals surface area contributed by atoms with Gasteiger partial charge in [-0.3, -0.25) is 9.59 Å². The molecule has 0 bridgehead atoms. The Hall–Kier alpha value is -1.88. The van der Waals surface area contributed by atoms with Crippen molar-refractivity contribution in [2.75, 3.05) is 18.4 Å². The molecule has 1 aliphatic heterocycles. The van der Waals surface area contributed by atoms with Crippen molar-refractivity contribution in [3.05, 3.63) is 29.8 Å². The number of para-hydroxylation sites is 1. The predicted molar refractivity (Wildman–Crippen MR) is 96.6 cm³/mol. The van der Waals surface area contributed by atoms with Crippen LogP contribution in [0.1, 0.15) is 45.6 Å². The van der Waals surface area contributed by atoms with E-state index in [-0.39, 0.29) is 23.8 Å². The minimum absolute atomic E-state index is 0.0549. The first kappa shape index (κ1) is 18.5. The highest BCUT2D eigenvalue weighted by Crippen LogP contribution is 2.25. The summed E-state index contributed by atoms with van der Waals surface area (Å²) < 4.78 is 0. The minimum Gasteiger partial charge on any atom is -0.339 e. The zero-order valence-corrected chi connectivity index (χ0v) is 15.0. The molecule has 1 atom stereocenters. The average Bonchev–Trinajstić information content (AvgIpc) is 2.97. The topological polar surface area (TPSA) is 61.4 Å². The lowest BCUT2D eigenvalue weighted by atomic mass is 10.1. The van der Waals surface area contributed by atoms with Gasteiger partial charge in [0, 0.05) is 31.2 Å². The molecule has 5 heteroatoms. The normalized spacial score (nSPS) is 17.6. The van der Waals surface area contributed by atoms with Gasteiger partial charge in [-0.05, 0) is 31.0 Å². The first-order valence-corrected chi connectivity index (χ1v) is 8.99. The summed E-state index contributed by atoms with van der Waals surface area (Å²) in [6.45, 7) is 8.36. The number of rotatable bonds is 8. The number of likely N-dealkylation sites (tertiary alicyclic amines) is 1. The first-order valence-electron chi connectivity index (χ1n) is 8.99. The van der Waals surface area contributed by atoms with E-state index in [2.05, 4.69) is 31.4 Å².